The predicted molar refractivity (Wildman–Crippen MR) is 95.4 cm³/mol. The van der Waals surface area contributed by atoms with Crippen LogP contribution in [0.4, 0.5) is 11.5 Å². The van der Waals surface area contributed by atoms with E-state index in [1.807, 2.05) is 35.2 Å². The van der Waals surface area contributed by atoms with Gasteiger partial charge in [-0.15, -0.1) is 0 Å². The third kappa shape index (κ3) is 5.33. The van der Waals surface area contributed by atoms with Gasteiger partial charge in [-0.1, -0.05) is 30.3 Å². The predicted octanol–water partition coefficient (Wildman–Crippen LogP) is 3.19. The van der Waals surface area contributed by atoms with Gasteiger partial charge < -0.3 is 15.3 Å². The molecular formula is C17H20BrN3O2. The zero-order valence-electron chi connectivity index (χ0n) is 13.2. The lowest BCUT2D eigenvalue weighted by Gasteiger charge is -2.27. The van der Waals surface area contributed by atoms with E-state index in [-0.39, 0.29) is 5.91 Å². The van der Waals surface area contributed by atoms with Crippen molar-refractivity contribution >= 4 is 33.3 Å². The molecule has 0 unspecified atom stereocenters. The Labute approximate surface area is 144 Å². The Morgan fingerprint density at radius 2 is 2.00 bits per heavy atom. The van der Waals surface area contributed by atoms with Crippen LogP contribution in [0.3, 0.4) is 0 Å². The minimum absolute atomic E-state index is 0.160. The lowest BCUT2D eigenvalue weighted by atomic mass is 10.2. The lowest BCUT2D eigenvalue weighted by Crippen LogP contribution is -2.32. The number of benzene rings is 1. The third-order valence-electron chi connectivity index (χ3n) is 3.15. The molecule has 2 rings (SSSR count). The molecule has 5 nitrogen and oxygen atoms in total. The number of carbonyl (C=O) groups is 1. The zero-order chi connectivity index (χ0) is 16.8. The summed E-state index contributed by atoms with van der Waals surface area (Å²) in [5.41, 5.74) is 1.72. The van der Waals surface area contributed by atoms with E-state index in [2.05, 4.69) is 26.2 Å². The molecule has 6 heteroatoms. The number of amides is 1. The molecule has 1 aromatic heterocycles. The molecule has 23 heavy (non-hydrogen) atoms. The zero-order valence-corrected chi connectivity index (χ0v) is 14.7. The van der Waals surface area contributed by atoms with Gasteiger partial charge in [0.2, 0.25) is 5.91 Å². The van der Waals surface area contributed by atoms with Gasteiger partial charge in [-0.25, -0.2) is 4.98 Å². The van der Waals surface area contributed by atoms with Gasteiger partial charge in [-0.2, -0.15) is 0 Å². The number of anilines is 2. The van der Waals surface area contributed by atoms with Gasteiger partial charge in [0.15, 0.2) is 5.82 Å². The molecule has 0 saturated heterocycles. The number of nitrogens with one attached hydrogen (secondary N) is 1. The van der Waals surface area contributed by atoms with E-state index in [9.17, 15) is 9.90 Å². The van der Waals surface area contributed by atoms with Crippen LogP contribution in [0.5, 0.6) is 0 Å². The molecule has 1 aromatic carbocycles. The molecule has 2 aromatic rings. The fourth-order valence-electron chi connectivity index (χ4n) is 2.30. The molecule has 0 aliphatic heterocycles. The van der Waals surface area contributed by atoms with Crippen molar-refractivity contribution in [3.8, 4) is 0 Å². The monoisotopic (exact) mass is 377 g/mol. The van der Waals surface area contributed by atoms with E-state index in [0.717, 1.165) is 5.56 Å². The van der Waals surface area contributed by atoms with Gasteiger partial charge in [0.25, 0.3) is 0 Å². The standard InChI is InChI=1S/C17H20BrN3O2/c1-12(22)10-21(11-14-6-4-3-5-7-14)17-15(19-13(2)23)8-9-16(18)20-17/h3-9,12,22H,10-11H2,1-2H3,(H,19,23)/t12-/m1/s1. The summed E-state index contributed by atoms with van der Waals surface area (Å²) in [5, 5.41) is 12.6. The van der Waals surface area contributed by atoms with Crippen LogP contribution in [0, 0.1) is 0 Å². The molecular weight excluding hydrogens is 358 g/mol. The third-order valence-corrected chi connectivity index (χ3v) is 3.59. The Morgan fingerprint density at radius 1 is 1.30 bits per heavy atom. The van der Waals surface area contributed by atoms with E-state index in [1.165, 1.54) is 6.92 Å². The molecule has 0 aliphatic rings. The number of hydrogen-bond donors (Lipinski definition) is 2. The largest absolute Gasteiger partial charge is 0.392 e. The smallest absolute Gasteiger partial charge is 0.221 e. The maximum Gasteiger partial charge on any atom is 0.221 e. The topological polar surface area (TPSA) is 65.5 Å². The molecule has 0 bridgehead atoms. The highest BCUT2D eigenvalue weighted by atomic mass is 79.9. The molecule has 1 amide bonds. The highest BCUT2D eigenvalue weighted by Gasteiger charge is 2.17. The summed E-state index contributed by atoms with van der Waals surface area (Å²) in [6.07, 6.45) is -0.523. The van der Waals surface area contributed by atoms with Crippen LogP contribution in [0.15, 0.2) is 47.1 Å². The van der Waals surface area contributed by atoms with Crippen LogP contribution in [0.25, 0.3) is 0 Å². The van der Waals surface area contributed by atoms with Crippen LogP contribution in [-0.2, 0) is 11.3 Å². The van der Waals surface area contributed by atoms with Crippen molar-refractivity contribution in [3.05, 3.63) is 52.6 Å². The lowest BCUT2D eigenvalue weighted by molar-refractivity contribution is -0.114. The fraction of sp³-hybridized carbons (Fsp3) is 0.294. The summed E-state index contributed by atoms with van der Waals surface area (Å²) in [6.45, 7) is 4.18. The van der Waals surface area contributed by atoms with Gasteiger partial charge >= 0.3 is 0 Å². The van der Waals surface area contributed by atoms with E-state index in [0.29, 0.717) is 29.2 Å². The second-order valence-electron chi connectivity index (χ2n) is 5.40. The second kappa shape index (κ2) is 8.08. The summed E-state index contributed by atoms with van der Waals surface area (Å²) >= 11 is 3.37. The summed E-state index contributed by atoms with van der Waals surface area (Å²) in [5.74, 6) is 0.464. The van der Waals surface area contributed by atoms with Crippen molar-refractivity contribution in [2.24, 2.45) is 0 Å². The molecule has 0 spiro atoms. The van der Waals surface area contributed by atoms with Crippen LogP contribution >= 0.6 is 15.9 Å². The van der Waals surface area contributed by atoms with Crippen molar-refractivity contribution in [3.63, 3.8) is 0 Å². The Hall–Kier alpha value is -1.92. The number of pyridine rings is 1. The fourth-order valence-corrected chi connectivity index (χ4v) is 2.60. The molecule has 2 N–H and O–H groups in total. The number of rotatable bonds is 6. The number of halogens is 1. The maximum absolute atomic E-state index is 11.4. The van der Waals surface area contributed by atoms with E-state index in [1.54, 1.807) is 19.1 Å². The Balaban J connectivity index is 2.37. The van der Waals surface area contributed by atoms with Crippen LogP contribution in [0.1, 0.15) is 19.4 Å². The van der Waals surface area contributed by atoms with Crippen molar-refractivity contribution in [2.45, 2.75) is 26.5 Å². The Morgan fingerprint density at radius 3 is 2.61 bits per heavy atom. The minimum atomic E-state index is -0.523. The van der Waals surface area contributed by atoms with E-state index >= 15 is 0 Å². The first-order valence-electron chi connectivity index (χ1n) is 7.37. The quantitative estimate of drug-likeness (QED) is 0.758. The maximum atomic E-state index is 11.4. The first kappa shape index (κ1) is 17.4. The van der Waals surface area contributed by atoms with Crippen molar-refractivity contribution in [2.75, 3.05) is 16.8 Å². The molecule has 0 aliphatic carbocycles. The average molecular weight is 378 g/mol. The normalized spacial score (nSPS) is 11.8. The molecule has 0 radical (unpaired) electrons. The number of aliphatic hydroxyl groups is 1. The molecule has 0 saturated carbocycles. The van der Waals surface area contributed by atoms with Gasteiger partial charge in [-0.05, 0) is 40.5 Å². The molecule has 122 valence electrons. The van der Waals surface area contributed by atoms with E-state index < -0.39 is 6.10 Å². The van der Waals surface area contributed by atoms with Gasteiger partial charge in [0.05, 0.1) is 11.8 Å². The number of hydrogen-bond acceptors (Lipinski definition) is 4. The molecule has 1 heterocycles. The minimum Gasteiger partial charge on any atom is -0.392 e. The van der Waals surface area contributed by atoms with Crippen LogP contribution < -0.4 is 10.2 Å². The molecule has 0 fully saturated rings. The number of aromatic nitrogens is 1. The SMILES string of the molecule is CC(=O)Nc1ccc(Br)nc1N(Cc1ccccc1)C[C@@H](C)O. The van der Waals surface area contributed by atoms with Gasteiger partial charge in [-0.3, -0.25) is 4.79 Å². The molecule has 1 atom stereocenters. The second-order valence-corrected chi connectivity index (χ2v) is 6.21. The van der Waals surface area contributed by atoms with Crippen molar-refractivity contribution < 1.29 is 9.90 Å². The summed E-state index contributed by atoms with van der Waals surface area (Å²) in [4.78, 5) is 17.9. The van der Waals surface area contributed by atoms with Gasteiger partial charge in [0, 0.05) is 20.0 Å². The van der Waals surface area contributed by atoms with Crippen LogP contribution in [0.2, 0.25) is 0 Å². The first-order chi connectivity index (χ1) is 11.0. The number of nitrogens with zero attached hydrogens (tertiary/aromatic N) is 2. The summed E-state index contributed by atoms with van der Waals surface area (Å²) in [6, 6.07) is 13.5. The Bertz CT molecular complexity index is 662. The highest BCUT2D eigenvalue weighted by molar-refractivity contribution is 9.10. The first-order valence-corrected chi connectivity index (χ1v) is 8.16. The summed E-state index contributed by atoms with van der Waals surface area (Å²) in [7, 11) is 0. The van der Waals surface area contributed by atoms with Crippen molar-refractivity contribution in [1.82, 2.24) is 4.98 Å². The van der Waals surface area contributed by atoms with E-state index in [4.69, 9.17) is 0 Å². The van der Waals surface area contributed by atoms with Gasteiger partial charge in [0.1, 0.15) is 4.60 Å². The summed E-state index contributed by atoms with van der Waals surface area (Å²) < 4.78 is 0.672. The van der Waals surface area contributed by atoms with Crippen molar-refractivity contribution in [1.29, 1.82) is 0 Å². The Kier molecular flexibility index (Phi) is 6.12. The number of carbonyl (C=O) groups excluding carboxylic acids is 1. The van der Waals surface area contributed by atoms with Crippen LogP contribution in [-0.4, -0.2) is 28.6 Å². The average Bonchev–Trinajstić information content (AvgIpc) is 2.48. The number of aliphatic hydroxyl groups excluding tert-OH is 1. The highest BCUT2D eigenvalue weighted by Crippen LogP contribution is 2.27.